The summed E-state index contributed by atoms with van der Waals surface area (Å²) in [4.78, 5) is 0. The monoisotopic (exact) mass is 334 g/mol. The molecule has 0 bridgehead atoms. The van der Waals surface area contributed by atoms with Crippen molar-refractivity contribution in [2.75, 3.05) is 0 Å². The van der Waals surface area contributed by atoms with Gasteiger partial charge >= 0.3 is 0 Å². The average Bonchev–Trinajstić information content (AvgIpc) is 2.88. The first kappa shape index (κ1) is 16.7. The van der Waals surface area contributed by atoms with E-state index >= 15 is 0 Å². The molecule has 1 aliphatic carbocycles. The maximum Gasteiger partial charge on any atom is 0.139 e. The van der Waals surface area contributed by atoms with Gasteiger partial charge in [-0.3, -0.25) is 0 Å². The maximum atomic E-state index is 6.52. The molecule has 4 rings (SSSR count). The molecule has 3 aromatic rings. The molecule has 0 unspecified atom stereocenters. The Morgan fingerprint density at radius 1 is 0.840 bits per heavy atom. The fourth-order valence-corrected chi connectivity index (χ4v) is 4.43. The molecule has 132 valence electrons. The first-order valence-corrected chi connectivity index (χ1v) is 9.51. The molecule has 1 aromatic heterocycles. The van der Waals surface area contributed by atoms with Crippen molar-refractivity contribution in [3.05, 3.63) is 47.0 Å². The van der Waals surface area contributed by atoms with Crippen LogP contribution >= 0.6 is 0 Å². The van der Waals surface area contributed by atoms with Crippen molar-refractivity contribution in [3.8, 4) is 0 Å². The highest BCUT2D eigenvalue weighted by atomic mass is 16.3. The third kappa shape index (κ3) is 2.43. The van der Waals surface area contributed by atoms with Gasteiger partial charge in [0.05, 0.1) is 0 Å². The summed E-state index contributed by atoms with van der Waals surface area (Å²) in [6.45, 7) is 16.2. The van der Waals surface area contributed by atoms with Crippen molar-refractivity contribution in [1.29, 1.82) is 0 Å². The molecule has 0 aliphatic heterocycles. The lowest BCUT2D eigenvalue weighted by Crippen LogP contribution is -2.33. The Hall–Kier alpha value is -1.76. The average molecular weight is 335 g/mol. The molecular weight excluding hydrogens is 304 g/mol. The Morgan fingerprint density at radius 2 is 1.48 bits per heavy atom. The minimum atomic E-state index is 0.133. The largest absolute Gasteiger partial charge is 0.456 e. The Bertz CT molecular complexity index is 977. The Balaban J connectivity index is 2.08. The van der Waals surface area contributed by atoms with E-state index < -0.39 is 0 Å². The molecule has 1 aliphatic rings. The number of rotatable bonds is 0. The lowest BCUT2D eigenvalue weighted by atomic mass is 9.63. The van der Waals surface area contributed by atoms with Crippen molar-refractivity contribution in [2.45, 2.75) is 77.6 Å². The van der Waals surface area contributed by atoms with Crippen LogP contribution in [0.1, 0.15) is 78.0 Å². The van der Waals surface area contributed by atoms with Crippen molar-refractivity contribution in [3.63, 3.8) is 0 Å². The molecule has 1 nitrogen and oxygen atoms in total. The van der Waals surface area contributed by atoms with Gasteiger partial charge in [-0.2, -0.15) is 0 Å². The molecule has 1 heterocycles. The maximum absolute atomic E-state index is 6.52. The molecule has 0 atom stereocenters. The Kier molecular flexibility index (Phi) is 3.27. The topological polar surface area (TPSA) is 13.1 Å². The van der Waals surface area contributed by atoms with Gasteiger partial charge in [-0.05, 0) is 46.3 Å². The highest BCUT2D eigenvalue weighted by Gasteiger charge is 2.39. The van der Waals surface area contributed by atoms with Gasteiger partial charge < -0.3 is 4.42 Å². The van der Waals surface area contributed by atoms with E-state index in [1.54, 1.807) is 0 Å². The molecule has 0 amide bonds. The summed E-state index contributed by atoms with van der Waals surface area (Å²) in [5, 5.41) is 2.50. The van der Waals surface area contributed by atoms with E-state index in [0.29, 0.717) is 0 Å². The van der Waals surface area contributed by atoms with Crippen LogP contribution in [0.2, 0.25) is 0 Å². The van der Waals surface area contributed by atoms with Crippen molar-refractivity contribution in [2.24, 2.45) is 0 Å². The van der Waals surface area contributed by atoms with Crippen molar-refractivity contribution >= 4 is 21.9 Å². The van der Waals surface area contributed by atoms with Gasteiger partial charge in [0, 0.05) is 16.3 Å². The van der Waals surface area contributed by atoms with Gasteiger partial charge in [0.25, 0.3) is 0 Å². The minimum Gasteiger partial charge on any atom is -0.456 e. The van der Waals surface area contributed by atoms with Crippen LogP contribution in [-0.2, 0) is 16.2 Å². The number of fused-ring (bicyclic) bond motifs is 5. The van der Waals surface area contributed by atoms with Crippen molar-refractivity contribution < 1.29 is 4.42 Å². The van der Waals surface area contributed by atoms with Crippen LogP contribution in [-0.4, -0.2) is 0 Å². The number of furan rings is 1. The summed E-state index contributed by atoms with van der Waals surface area (Å²) in [7, 11) is 0. The highest BCUT2D eigenvalue weighted by Crippen LogP contribution is 2.49. The van der Waals surface area contributed by atoms with Crippen molar-refractivity contribution in [1.82, 2.24) is 0 Å². The standard InChI is InChI=1S/C24H30O/c1-22(2,3)15-8-9-16-17-10-11-18-20(21(17)25-19(16)14-15)24(6,7)13-12-23(18,4)5/h8-11,14H,12-13H2,1-7H3. The Labute approximate surface area is 151 Å². The summed E-state index contributed by atoms with van der Waals surface area (Å²) < 4.78 is 6.52. The van der Waals surface area contributed by atoms with Crippen LogP contribution < -0.4 is 0 Å². The molecule has 0 fully saturated rings. The normalized spacial score (nSPS) is 19.3. The molecule has 0 radical (unpaired) electrons. The molecule has 0 saturated carbocycles. The van der Waals surface area contributed by atoms with Crippen LogP contribution in [0.25, 0.3) is 21.9 Å². The lowest BCUT2D eigenvalue weighted by molar-refractivity contribution is 0.331. The summed E-state index contributed by atoms with van der Waals surface area (Å²) in [6, 6.07) is 11.4. The summed E-state index contributed by atoms with van der Waals surface area (Å²) in [5.74, 6) is 0. The zero-order valence-corrected chi connectivity index (χ0v) is 16.7. The van der Waals surface area contributed by atoms with Crippen LogP contribution in [0.15, 0.2) is 34.7 Å². The van der Waals surface area contributed by atoms with Crippen LogP contribution in [0.5, 0.6) is 0 Å². The summed E-state index contributed by atoms with van der Waals surface area (Å²) in [5.41, 5.74) is 6.85. The number of hydrogen-bond donors (Lipinski definition) is 0. The highest BCUT2D eigenvalue weighted by molar-refractivity contribution is 6.06. The second-order valence-corrected chi connectivity index (χ2v) is 10.2. The van der Waals surface area contributed by atoms with E-state index in [1.807, 2.05) is 0 Å². The lowest BCUT2D eigenvalue weighted by Gasteiger charge is -2.41. The Morgan fingerprint density at radius 3 is 2.16 bits per heavy atom. The summed E-state index contributed by atoms with van der Waals surface area (Å²) >= 11 is 0. The van der Waals surface area contributed by atoms with Gasteiger partial charge in [-0.1, -0.05) is 72.7 Å². The fraction of sp³-hybridized carbons (Fsp3) is 0.500. The van der Waals surface area contributed by atoms with E-state index in [0.717, 1.165) is 11.2 Å². The quantitative estimate of drug-likeness (QED) is 0.422. The summed E-state index contributed by atoms with van der Waals surface area (Å²) in [6.07, 6.45) is 2.43. The number of hydrogen-bond acceptors (Lipinski definition) is 1. The predicted molar refractivity (Wildman–Crippen MR) is 108 cm³/mol. The molecule has 0 spiro atoms. The minimum absolute atomic E-state index is 0.133. The van der Waals surface area contributed by atoms with Gasteiger partial charge in [-0.15, -0.1) is 0 Å². The van der Waals surface area contributed by atoms with Gasteiger partial charge in [0.15, 0.2) is 0 Å². The third-order valence-corrected chi connectivity index (χ3v) is 6.29. The van der Waals surface area contributed by atoms with E-state index in [-0.39, 0.29) is 16.2 Å². The molecular formula is C24H30O. The van der Waals surface area contributed by atoms with E-state index in [1.165, 1.54) is 40.3 Å². The van der Waals surface area contributed by atoms with E-state index in [9.17, 15) is 0 Å². The predicted octanol–water partition coefficient (Wildman–Crippen LogP) is 7.23. The SMILES string of the molecule is CC(C)(C)c1ccc2c(c1)oc1c3c(ccc12)C(C)(C)CCC3(C)C. The third-order valence-electron chi connectivity index (χ3n) is 6.29. The fourth-order valence-electron chi connectivity index (χ4n) is 4.43. The second-order valence-electron chi connectivity index (χ2n) is 10.2. The van der Waals surface area contributed by atoms with Crippen LogP contribution in [0.4, 0.5) is 0 Å². The van der Waals surface area contributed by atoms with Gasteiger partial charge in [-0.25, -0.2) is 0 Å². The van der Waals surface area contributed by atoms with Crippen LogP contribution in [0, 0.1) is 0 Å². The molecule has 25 heavy (non-hydrogen) atoms. The van der Waals surface area contributed by atoms with E-state index in [2.05, 4.69) is 78.8 Å². The first-order valence-electron chi connectivity index (χ1n) is 9.51. The zero-order chi connectivity index (χ0) is 18.2. The molecule has 0 N–H and O–H groups in total. The first-order chi connectivity index (χ1) is 11.5. The molecule has 0 saturated heterocycles. The molecule has 2 aromatic carbocycles. The zero-order valence-electron chi connectivity index (χ0n) is 16.7. The van der Waals surface area contributed by atoms with E-state index in [4.69, 9.17) is 4.42 Å². The number of benzene rings is 2. The smallest absolute Gasteiger partial charge is 0.139 e. The second kappa shape index (κ2) is 4.90. The molecule has 1 heteroatoms. The van der Waals surface area contributed by atoms with Gasteiger partial charge in [0.2, 0.25) is 0 Å². The van der Waals surface area contributed by atoms with Crippen LogP contribution in [0.3, 0.4) is 0 Å². The van der Waals surface area contributed by atoms with Gasteiger partial charge in [0.1, 0.15) is 11.2 Å².